The fourth-order valence-electron chi connectivity index (χ4n) is 3.56. The molecule has 21 heavy (non-hydrogen) atoms. The molecular weight excluding hydrogens is 262 g/mol. The van der Waals surface area contributed by atoms with Gasteiger partial charge in [0.05, 0.1) is 13.2 Å². The van der Waals surface area contributed by atoms with E-state index in [1.54, 1.807) is 0 Å². The minimum Gasteiger partial charge on any atom is -0.490 e. The van der Waals surface area contributed by atoms with Crippen LogP contribution < -0.4 is 14.8 Å². The van der Waals surface area contributed by atoms with E-state index in [4.69, 9.17) is 9.47 Å². The summed E-state index contributed by atoms with van der Waals surface area (Å²) in [5.74, 6) is 1.83. The maximum absolute atomic E-state index is 5.84. The van der Waals surface area contributed by atoms with E-state index in [2.05, 4.69) is 37.4 Å². The van der Waals surface area contributed by atoms with E-state index >= 15 is 0 Å². The number of hydrogen-bond acceptors (Lipinski definition) is 3. The normalized spacial score (nSPS) is 28.4. The van der Waals surface area contributed by atoms with Gasteiger partial charge in [-0.1, -0.05) is 19.9 Å². The van der Waals surface area contributed by atoms with Crippen LogP contribution in [-0.2, 0) is 5.41 Å². The number of benzene rings is 1. The van der Waals surface area contributed by atoms with Crippen molar-refractivity contribution in [2.24, 2.45) is 0 Å². The van der Waals surface area contributed by atoms with Crippen molar-refractivity contribution >= 4 is 0 Å². The van der Waals surface area contributed by atoms with Gasteiger partial charge >= 0.3 is 0 Å². The van der Waals surface area contributed by atoms with Crippen molar-refractivity contribution < 1.29 is 9.47 Å². The van der Waals surface area contributed by atoms with E-state index in [0.29, 0.717) is 6.04 Å². The second-order valence-corrected chi connectivity index (χ2v) is 6.67. The summed E-state index contributed by atoms with van der Waals surface area (Å²) in [5.41, 5.74) is 1.66. The summed E-state index contributed by atoms with van der Waals surface area (Å²) in [4.78, 5) is 0. The van der Waals surface area contributed by atoms with Crippen molar-refractivity contribution in [2.45, 2.75) is 57.4 Å². The molecule has 0 spiro atoms. The Bertz CT molecular complexity index is 488. The Morgan fingerprint density at radius 1 is 1.24 bits per heavy atom. The van der Waals surface area contributed by atoms with Crippen LogP contribution in [0.2, 0.25) is 0 Å². The van der Waals surface area contributed by atoms with Crippen molar-refractivity contribution in [3.63, 3.8) is 0 Å². The van der Waals surface area contributed by atoms with Gasteiger partial charge in [-0.25, -0.2) is 0 Å². The van der Waals surface area contributed by atoms with Crippen LogP contribution in [0.1, 0.15) is 51.5 Å². The van der Waals surface area contributed by atoms with Gasteiger partial charge in [0.15, 0.2) is 11.5 Å². The van der Waals surface area contributed by atoms with Crippen LogP contribution in [0, 0.1) is 0 Å². The number of fused-ring (bicyclic) bond motifs is 1. The van der Waals surface area contributed by atoms with Crippen LogP contribution in [0.4, 0.5) is 0 Å². The van der Waals surface area contributed by atoms with Crippen LogP contribution in [0.5, 0.6) is 11.5 Å². The molecule has 1 heterocycles. The van der Waals surface area contributed by atoms with Crippen molar-refractivity contribution in [1.29, 1.82) is 0 Å². The number of rotatable bonds is 4. The Hall–Kier alpha value is -1.22. The van der Waals surface area contributed by atoms with Gasteiger partial charge in [0, 0.05) is 12.5 Å². The largest absolute Gasteiger partial charge is 0.490 e. The molecule has 2 atom stereocenters. The minimum atomic E-state index is 0.260. The predicted octanol–water partition coefficient (Wildman–Crippen LogP) is 3.66. The van der Waals surface area contributed by atoms with Gasteiger partial charge in [0.25, 0.3) is 0 Å². The van der Waals surface area contributed by atoms with Crippen LogP contribution in [0.3, 0.4) is 0 Å². The van der Waals surface area contributed by atoms with Crippen LogP contribution in [0.15, 0.2) is 18.2 Å². The third kappa shape index (κ3) is 3.18. The molecule has 1 fully saturated rings. The first-order valence-electron chi connectivity index (χ1n) is 8.35. The van der Waals surface area contributed by atoms with E-state index < -0.39 is 0 Å². The molecule has 1 N–H and O–H groups in total. The molecule has 0 saturated heterocycles. The van der Waals surface area contributed by atoms with Crippen LogP contribution in [0.25, 0.3) is 0 Å². The number of hydrogen-bond donors (Lipinski definition) is 1. The van der Waals surface area contributed by atoms with Gasteiger partial charge in [-0.3, -0.25) is 0 Å². The van der Waals surface area contributed by atoms with E-state index in [1.165, 1.54) is 31.2 Å². The molecule has 0 bridgehead atoms. The number of ether oxygens (including phenoxy) is 2. The zero-order chi connectivity index (χ0) is 14.7. The van der Waals surface area contributed by atoms with E-state index in [1.807, 2.05) is 0 Å². The molecule has 2 unspecified atom stereocenters. The van der Waals surface area contributed by atoms with E-state index in [-0.39, 0.29) is 5.41 Å². The summed E-state index contributed by atoms with van der Waals surface area (Å²) in [6.07, 6.45) is 5.90. The molecule has 0 amide bonds. The number of nitrogens with one attached hydrogen (secondary N) is 1. The first kappa shape index (κ1) is 14.7. The average molecular weight is 289 g/mol. The van der Waals surface area contributed by atoms with Gasteiger partial charge in [-0.2, -0.15) is 0 Å². The van der Waals surface area contributed by atoms with Gasteiger partial charge in [0.2, 0.25) is 0 Å². The maximum atomic E-state index is 5.84. The van der Waals surface area contributed by atoms with Crippen molar-refractivity contribution in [3.8, 4) is 11.5 Å². The predicted molar refractivity (Wildman–Crippen MR) is 85.3 cm³/mol. The summed E-state index contributed by atoms with van der Waals surface area (Å²) in [5, 5.41) is 3.67. The second-order valence-electron chi connectivity index (χ2n) is 6.67. The van der Waals surface area contributed by atoms with E-state index in [0.717, 1.165) is 37.7 Å². The first-order valence-corrected chi connectivity index (χ1v) is 8.35. The molecule has 0 radical (unpaired) electrons. The first-order chi connectivity index (χ1) is 10.2. The summed E-state index contributed by atoms with van der Waals surface area (Å²) in [7, 11) is 0. The van der Waals surface area contributed by atoms with E-state index in [9.17, 15) is 0 Å². The monoisotopic (exact) mass is 289 g/mol. The SMILES string of the molecule is CCCNC1CCC(C)(c2ccc3c(c2)OCCCO3)C1. The van der Waals surface area contributed by atoms with Gasteiger partial charge in [-0.15, -0.1) is 0 Å². The molecule has 116 valence electrons. The summed E-state index contributed by atoms with van der Waals surface area (Å²) in [6, 6.07) is 7.19. The van der Waals surface area contributed by atoms with Crippen molar-refractivity contribution in [1.82, 2.24) is 5.32 Å². The second kappa shape index (κ2) is 6.27. The zero-order valence-electron chi connectivity index (χ0n) is 13.3. The highest BCUT2D eigenvalue weighted by atomic mass is 16.5. The topological polar surface area (TPSA) is 30.5 Å². The molecular formula is C18H27NO2. The van der Waals surface area contributed by atoms with Gasteiger partial charge in [-0.05, 0) is 55.3 Å². The molecule has 1 saturated carbocycles. The standard InChI is InChI=1S/C18H27NO2/c1-3-9-19-15-7-8-18(2,13-15)14-5-6-16-17(12-14)21-11-4-10-20-16/h5-6,12,15,19H,3-4,7-11,13H2,1-2H3. The molecule has 1 aromatic carbocycles. The zero-order valence-corrected chi connectivity index (χ0v) is 13.3. The van der Waals surface area contributed by atoms with Crippen molar-refractivity contribution in [3.05, 3.63) is 23.8 Å². The Morgan fingerprint density at radius 3 is 2.86 bits per heavy atom. The lowest BCUT2D eigenvalue weighted by molar-refractivity contribution is 0.296. The maximum Gasteiger partial charge on any atom is 0.161 e. The Labute approximate surface area is 128 Å². The fourth-order valence-corrected chi connectivity index (χ4v) is 3.56. The highest BCUT2D eigenvalue weighted by Crippen LogP contribution is 2.43. The molecule has 1 aliphatic heterocycles. The third-order valence-electron chi connectivity index (χ3n) is 4.87. The molecule has 3 rings (SSSR count). The average Bonchev–Trinajstić information content (AvgIpc) is 2.73. The lowest BCUT2D eigenvalue weighted by Crippen LogP contribution is -2.29. The van der Waals surface area contributed by atoms with Gasteiger partial charge < -0.3 is 14.8 Å². The lowest BCUT2D eigenvalue weighted by atomic mass is 9.80. The summed E-state index contributed by atoms with van der Waals surface area (Å²) >= 11 is 0. The molecule has 3 heteroatoms. The summed E-state index contributed by atoms with van der Waals surface area (Å²) < 4.78 is 11.6. The quantitative estimate of drug-likeness (QED) is 0.917. The van der Waals surface area contributed by atoms with Crippen LogP contribution in [-0.4, -0.2) is 25.8 Å². The highest BCUT2D eigenvalue weighted by Gasteiger charge is 2.36. The Kier molecular flexibility index (Phi) is 4.39. The smallest absolute Gasteiger partial charge is 0.161 e. The molecule has 2 aliphatic rings. The molecule has 1 aromatic rings. The highest BCUT2D eigenvalue weighted by molar-refractivity contribution is 5.46. The van der Waals surface area contributed by atoms with Crippen LogP contribution >= 0.6 is 0 Å². The third-order valence-corrected chi connectivity index (χ3v) is 4.87. The minimum absolute atomic E-state index is 0.260. The fraction of sp³-hybridized carbons (Fsp3) is 0.667. The molecule has 3 nitrogen and oxygen atoms in total. The van der Waals surface area contributed by atoms with Gasteiger partial charge in [0.1, 0.15) is 0 Å². The molecule has 0 aromatic heterocycles. The summed E-state index contributed by atoms with van der Waals surface area (Å²) in [6.45, 7) is 7.26. The lowest BCUT2D eigenvalue weighted by Gasteiger charge is -2.26. The Balaban J connectivity index is 1.76. The molecule has 1 aliphatic carbocycles. The van der Waals surface area contributed by atoms with Crippen molar-refractivity contribution in [2.75, 3.05) is 19.8 Å². The Morgan fingerprint density at radius 2 is 2.05 bits per heavy atom.